The topological polar surface area (TPSA) is 125 Å². The quantitative estimate of drug-likeness (QED) is 0.652. The Hall–Kier alpha value is -3.20. The van der Waals surface area contributed by atoms with Crippen LogP contribution in [-0.2, 0) is 14.4 Å². The van der Waals surface area contributed by atoms with E-state index in [1.807, 2.05) is 56.0 Å². The molecule has 0 bridgehead atoms. The van der Waals surface area contributed by atoms with Crippen LogP contribution >= 0.6 is 0 Å². The fraction of sp³-hybridized carbons (Fsp3) is 0.400. The van der Waals surface area contributed by atoms with Crippen LogP contribution in [0.25, 0.3) is 11.3 Å². The van der Waals surface area contributed by atoms with Gasteiger partial charge in [0.25, 0.3) is 6.47 Å². The van der Waals surface area contributed by atoms with Crippen LogP contribution in [0, 0.1) is 6.92 Å². The van der Waals surface area contributed by atoms with Crippen molar-refractivity contribution >= 4 is 24.2 Å². The maximum Gasteiger partial charge on any atom is 0.290 e. The minimum Gasteiger partial charge on any atom is -0.483 e. The predicted octanol–water partition coefficient (Wildman–Crippen LogP) is 1.89. The number of piperazine rings is 1. The van der Waals surface area contributed by atoms with E-state index in [0.717, 1.165) is 17.7 Å². The van der Waals surface area contributed by atoms with Crippen molar-refractivity contribution in [2.24, 2.45) is 0 Å². The molecule has 1 saturated heterocycles. The van der Waals surface area contributed by atoms with Crippen LogP contribution < -0.4 is 10.6 Å². The molecule has 9 heteroatoms. The summed E-state index contributed by atoms with van der Waals surface area (Å²) in [4.78, 5) is 35.1. The molecule has 0 aliphatic carbocycles. The Bertz CT molecular complexity index is 835. The Morgan fingerprint density at radius 3 is 2.69 bits per heavy atom. The first-order valence-corrected chi connectivity index (χ1v) is 9.31. The first-order valence-electron chi connectivity index (χ1n) is 9.31. The molecular formula is C20H26N4O5. The lowest BCUT2D eigenvalue weighted by atomic mass is 10.1. The van der Waals surface area contributed by atoms with Gasteiger partial charge in [-0.1, -0.05) is 35.5 Å². The molecule has 0 spiro atoms. The number of carbonyl (C=O) groups excluding carboxylic acids is 2. The number of nitrogens with zero attached hydrogens (tertiary/aromatic N) is 2. The molecule has 0 saturated carbocycles. The number of amides is 2. The summed E-state index contributed by atoms with van der Waals surface area (Å²) in [5, 5.41) is 16.5. The van der Waals surface area contributed by atoms with Gasteiger partial charge in [-0.2, -0.15) is 0 Å². The van der Waals surface area contributed by atoms with Crippen LogP contribution in [0.4, 0.5) is 5.88 Å². The zero-order chi connectivity index (χ0) is 21.4. The highest BCUT2D eigenvalue weighted by molar-refractivity contribution is 5.95. The van der Waals surface area contributed by atoms with E-state index in [4.69, 9.17) is 14.4 Å². The van der Waals surface area contributed by atoms with Crippen molar-refractivity contribution in [3.8, 4) is 11.3 Å². The van der Waals surface area contributed by atoms with Gasteiger partial charge in [-0.3, -0.25) is 24.6 Å². The third-order valence-electron chi connectivity index (χ3n) is 4.64. The molecule has 1 aromatic heterocycles. The monoisotopic (exact) mass is 402 g/mol. The number of carbonyl (C=O) groups is 3. The van der Waals surface area contributed by atoms with E-state index >= 15 is 0 Å². The van der Waals surface area contributed by atoms with Gasteiger partial charge in [-0.25, -0.2) is 0 Å². The fourth-order valence-corrected chi connectivity index (χ4v) is 3.23. The lowest BCUT2D eigenvalue weighted by molar-refractivity contribution is -0.133. The number of aromatic nitrogens is 1. The minimum absolute atomic E-state index is 0.0742. The highest BCUT2D eigenvalue weighted by Crippen LogP contribution is 2.28. The zero-order valence-electron chi connectivity index (χ0n) is 16.7. The molecule has 156 valence electrons. The molecular weight excluding hydrogens is 376 g/mol. The number of benzene rings is 1. The van der Waals surface area contributed by atoms with Crippen LogP contribution in [0.1, 0.15) is 25.8 Å². The third kappa shape index (κ3) is 5.64. The first kappa shape index (κ1) is 22.1. The second-order valence-electron chi connectivity index (χ2n) is 6.85. The molecule has 2 aromatic rings. The van der Waals surface area contributed by atoms with Gasteiger partial charge in [-0.05, 0) is 20.8 Å². The Balaban J connectivity index is 0.000000941. The summed E-state index contributed by atoms with van der Waals surface area (Å²) < 4.78 is 5.31. The maximum atomic E-state index is 12.5. The molecule has 1 aliphatic heterocycles. The summed E-state index contributed by atoms with van der Waals surface area (Å²) >= 11 is 0. The second-order valence-corrected chi connectivity index (χ2v) is 6.85. The van der Waals surface area contributed by atoms with Gasteiger partial charge in [0, 0.05) is 30.3 Å². The second kappa shape index (κ2) is 10.4. The van der Waals surface area contributed by atoms with Gasteiger partial charge in [0.15, 0.2) is 0 Å². The van der Waals surface area contributed by atoms with Gasteiger partial charge < -0.3 is 14.9 Å². The molecule has 1 aromatic carbocycles. The number of anilines is 1. The summed E-state index contributed by atoms with van der Waals surface area (Å²) in [6.07, 6.45) is 0.0742. The minimum atomic E-state index is -0.472. The summed E-state index contributed by atoms with van der Waals surface area (Å²) in [5.74, 6) is -0.0582. The van der Waals surface area contributed by atoms with E-state index in [0.29, 0.717) is 18.1 Å². The van der Waals surface area contributed by atoms with Gasteiger partial charge in [0.2, 0.25) is 17.7 Å². The molecule has 2 amide bonds. The van der Waals surface area contributed by atoms with Gasteiger partial charge in [-0.15, -0.1) is 0 Å². The summed E-state index contributed by atoms with van der Waals surface area (Å²) in [7, 11) is 0. The van der Waals surface area contributed by atoms with Crippen molar-refractivity contribution in [2.45, 2.75) is 39.3 Å². The van der Waals surface area contributed by atoms with E-state index in [1.54, 1.807) is 0 Å². The molecule has 3 N–H and O–H groups in total. The molecule has 1 aliphatic rings. The van der Waals surface area contributed by atoms with Crippen molar-refractivity contribution in [3.63, 3.8) is 0 Å². The molecule has 29 heavy (non-hydrogen) atoms. The summed E-state index contributed by atoms with van der Waals surface area (Å²) in [6.45, 7) is 6.99. The Labute approximate surface area is 169 Å². The fourth-order valence-electron chi connectivity index (χ4n) is 3.23. The number of rotatable bonds is 5. The van der Waals surface area contributed by atoms with E-state index in [-0.39, 0.29) is 30.7 Å². The van der Waals surface area contributed by atoms with E-state index < -0.39 is 6.04 Å². The lowest BCUT2D eigenvalue weighted by Crippen LogP contribution is -2.58. The molecule has 1 atom stereocenters. The lowest BCUT2D eigenvalue weighted by Gasteiger charge is -2.37. The predicted molar refractivity (Wildman–Crippen MR) is 107 cm³/mol. The molecule has 0 radical (unpaired) electrons. The first-order chi connectivity index (χ1) is 13.9. The molecule has 1 fully saturated rings. The number of nitrogens with one attached hydrogen (secondary N) is 2. The van der Waals surface area contributed by atoms with Crippen molar-refractivity contribution in [3.05, 3.63) is 35.9 Å². The van der Waals surface area contributed by atoms with Crippen LogP contribution in [0.2, 0.25) is 0 Å². The van der Waals surface area contributed by atoms with E-state index in [9.17, 15) is 9.59 Å². The normalized spacial score (nSPS) is 16.6. The Morgan fingerprint density at radius 1 is 1.41 bits per heavy atom. The molecule has 2 heterocycles. The standard InChI is InChI=1S/C19H24N4O3.CH2O2/c1-12(2)23-10-9-20-18(25)15(23)11-16(24)21-19-13(3)17(22-26-19)14-7-5-4-6-8-14;2-1-3/h4-8,12,15H,9-11H2,1-3H3,(H,20,25)(H,21,24);1H,(H,2,3). The van der Waals surface area contributed by atoms with Gasteiger partial charge in [0.05, 0.1) is 12.5 Å². The van der Waals surface area contributed by atoms with Crippen LogP contribution in [0.5, 0.6) is 0 Å². The smallest absolute Gasteiger partial charge is 0.290 e. The van der Waals surface area contributed by atoms with E-state index in [1.165, 1.54) is 0 Å². The number of hydrogen-bond donors (Lipinski definition) is 3. The van der Waals surface area contributed by atoms with Crippen molar-refractivity contribution < 1.29 is 24.0 Å². The van der Waals surface area contributed by atoms with Crippen molar-refractivity contribution in [1.29, 1.82) is 0 Å². The zero-order valence-corrected chi connectivity index (χ0v) is 16.7. The summed E-state index contributed by atoms with van der Waals surface area (Å²) in [6, 6.07) is 9.36. The number of hydrogen-bond acceptors (Lipinski definition) is 6. The molecule has 3 rings (SSSR count). The molecule has 1 unspecified atom stereocenters. The number of carboxylic acid groups (broad SMARTS) is 1. The molecule has 9 nitrogen and oxygen atoms in total. The average molecular weight is 402 g/mol. The van der Waals surface area contributed by atoms with Crippen molar-refractivity contribution in [2.75, 3.05) is 18.4 Å². The Morgan fingerprint density at radius 2 is 2.07 bits per heavy atom. The van der Waals surface area contributed by atoms with Gasteiger partial charge >= 0.3 is 0 Å². The Kier molecular flexibility index (Phi) is 7.90. The van der Waals surface area contributed by atoms with Crippen molar-refractivity contribution in [1.82, 2.24) is 15.4 Å². The average Bonchev–Trinajstić information content (AvgIpc) is 3.05. The largest absolute Gasteiger partial charge is 0.483 e. The van der Waals surface area contributed by atoms with E-state index in [2.05, 4.69) is 15.8 Å². The third-order valence-corrected chi connectivity index (χ3v) is 4.64. The van der Waals surface area contributed by atoms with Crippen LogP contribution in [-0.4, -0.2) is 58.6 Å². The van der Waals surface area contributed by atoms with Crippen LogP contribution in [0.3, 0.4) is 0 Å². The highest BCUT2D eigenvalue weighted by atomic mass is 16.5. The van der Waals surface area contributed by atoms with Gasteiger partial charge in [0.1, 0.15) is 5.69 Å². The van der Waals surface area contributed by atoms with Crippen LogP contribution in [0.15, 0.2) is 34.9 Å². The SMILES string of the molecule is Cc1c(-c2ccccc2)noc1NC(=O)CC1C(=O)NCCN1C(C)C.O=CO. The summed E-state index contributed by atoms with van der Waals surface area (Å²) in [5.41, 5.74) is 2.38. The highest BCUT2D eigenvalue weighted by Gasteiger charge is 2.33. The maximum absolute atomic E-state index is 12.5.